The van der Waals surface area contributed by atoms with Crippen molar-refractivity contribution in [3.05, 3.63) is 41.3 Å². The van der Waals surface area contributed by atoms with Crippen LogP contribution in [0.25, 0.3) is 0 Å². The number of methoxy groups -OCH3 is 1. The average molecular weight is 369 g/mol. The van der Waals surface area contributed by atoms with Gasteiger partial charge in [-0.05, 0) is 17.9 Å². The van der Waals surface area contributed by atoms with E-state index in [2.05, 4.69) is 32.1 Å². The van der Waals surface area contributed by atoms with Crippen LogP contribution in [0.2, 0.25) is 0 Å². The maximum atomic E-state index is 12.3. The van der Waals surface area contributed by atoms with Gasteiger partial charge in [0.1, 0.15) is 11.4 Å². The minimum Gasteiger partial charge on any atom is -0.481 e. The fourth-order valence-corrected chi connectivity index (χ4v) is 2.66. The van der Waals surface area contributed by atoms with E-state index in [1.165, 1.54) is 0 Å². The number of carbonyl (C=O) groups excluding carboxylic acids is 1. The molecule has 3 rings (SSSR count). The molecule has 0 aromatic carbocycles. The molecule has 142 valence electrons. The van der Waals surface area contributed by atoms with E-state index >= 15 is 0 Å². The monoisotopic (exact) mass is 369 g/mol. The predicted octanol–water partition coefficient (Wildman–Crippen LogP) is 0.286. The van der Waals surface area contributed by atoms with Crippen molar-refractivity contribution in [2.45, 2.75) is 0 Å². The Morgan fingerprint density at radius 3 is 2.93 bits per heavy atom. The molecule has 27 heavy (non-hydrogen) atoms. The van der Waals surface area contributed by atoms with Gasteiger partial charge in [0, 0.05) is 45.4 Å². The number of amides is 1. The van der Waals surface area contributed by atoms with Crippen LogP contribution in [0.4, 0.5) is 0 Å². The number of morpholine rings is 1. The minimum absolute atomic E-state index is 0.202. The molecule has 8 heteroatoms. The van der Waals surface area contributed by atoms with Crippen molar-refractivity contribution in [3.63, 3.8) is 0 Å². The Kier molecular flexibility index (Phi) is 6.41. The lowest BCUT2D eigenvalue weighted by molar-refractivity contribution is 0.0383. The topological polar surface area (TPSA) is 81.5 Å². The van der Waals surface area contributed by atoms with Crippen LogP contribution in [-0.4, -0.2) is 72.1 Å². The summed E-state index contributed by atoms with van der Waals surface area (Å²) in [5.41, 5.74) is 1.58. The Hall–Kier alpha value is -2.89. The first-order valence-electron chi connectivity index (χ1n) is 8.81. The standard InChI is InChI=1S/C19H23N5O3/c1-23-16(7-6-15-4-3-5-18(21-15)26-2)14-17(22-23)19(25)20-8-9-24-10-12-27-13-11-24/h3-5,14H,8-13H2,1-2H3,(H,20,25). The number of pyridine rings is 1. The van der Waals surface area contributed by atoms with E-state index in [9.17, 15) is 4.79 Å². The molecule has 1 aliphatic rings. The Bertz CT molecular complexity index is 847. The zero-order valence-electron chi connectivity index (χ0n) is 15.6. The van der Waals surface area contributed by atoms with E-state index in [-0.39, 0.29) is 5.91 Å². The summed E-state index contributed by atoms with van der Waals surface area (Å²) in [5, 5.41) is 7.15. The first-order chi connectivity index (χ1) is 13.2. The first kappa shape index (κ1) is 18.9. The van der Waals surface area contributed by atoms with Crippen LogP contribution in [0.1, 0.15) is 21.9 Å². The molecule has 2 aromatic rings. The van der Waals surface area contributed by atoms with Crippen molar-refractivity contribution in [2.75, 3.05) is 46.5 Å². The van der Waals surface area contributed by atoms with Crippen LogP contribution in [0, 0.1) is 11.8 Å². The lowest BCUT2D eigenvalue weighted by Gasteiger charge is -2.26. The van der Waals surface area contributed by atoms with Gasteiger partial charge in [-0.1, -0.05) is 6.07 Å². The number of ether oxygens (including phenoxy) is 2. The molecule has 0 radical (unpaired) electrons. The molecular formula is C19H23N5O3. The van der Waals surface area contributed by atoms with E-state index in [1.807, 2.05) is 6.07 Å². The van der Waals surface area contributed by atoms with E-state index in [0.717, 1.165) is 32.8 Å². The molecule has 8 nitrogen and oxygen atoms in total. The summed E-state index contributed by atoms with van der Waals surface area (Å²) in [4.78, 5) is 18.8. The minimum atomic E-state index is -0.202. The summed E-state index contributed by atoms with van der Waals surface area (Å²) in [7, 11) is 3.32. The fraction of sp³-hybridized carbons (Fsp3) is 0.421. The maximum Gasteiger partial charge on any atom is 0.271 e. The highest BCUT2D eigenvalue weighted by atomic mass is 16.5. The van der Waals surface area contributed by atoms with E-state index < -0.39 is 0 Å². The van der Waals surface area contributed by atoms with Gasteiger partial charge in [0.15, 0.2) is 5.69 Å². The third kappa shape index (κ3) is 5.29. The molecule has 0 unspecified atom stereocenters. The first-order valence-corrected chi connectivity index (χ1v) is 8.81. The van der Waals surface area contributed by atoms with Gasteiger partial charge in [-0.2, -0.15) is 5.10 Å². The highest BCUT2D eigenvalue weighted by molar-refractivity contribution is 5.92. The van der Waals surface area contributed by atoms with Crippen molar-refractivity contribution in [1.82, 2.24) is 25.0 Å². The van der Waals surface area contributed by atoms with Crippen LogP contribution >= 0.6 is 0 Å². The molecular weight excluding hydrogens is 346 g/mol. The maximum absolute atomic E-state index is 12.3. The molecule has 1 N–H and O–H groups in total. The molecule has 1 saturated heterocycles. The van der Waals surface area contributed by atoms with Gasteiger partial charge in [-0.15, -0.1) is 0 Å². The van der Waals surface area contributed by atoms with Crippen molar-refractivity contribution >= 4 is 5.91 Å². The molecule has 0 bridgehead atoms. The highest BCUT2D eigenvalue weighted by Crippen LogP contribution is 2.06. The van der Waals surface area contributed by atoms with Gasteiger partial charge >= 0.3 is 0 Å². The lowest BCUT2D eigenvalue weighted by atomic mass is 10.3. The third-order valence-electron chi connectivity index (χ3n) is 4.18. The summed E-state index contributed by atoms with van der Waals surface area (Å²) in [6.45, 7) is 4.67. The number of hydrogen-bond acceptors (Lipinski definition) is 6. The van der Waals surface area contributed by atoms with Crippen LogP contribution < -0.4 is 10.1 Å². The highest BCUT2D eigenvalue weighted by Gasteiger charge is 2.13. The van der Waals surface area contributed by atoms with Crippen molar-refractivity contribution in [1.29, 1.82) is 0 Å². The van der Waals surface area contributed by atoms with E-state index in [0.29, 0.717) is 29.5 Å². The summed E-state index contributed by atoms with van der Waals surface area (Å²) in [5.74, 6) is 6.26. The van der Waals surface area contributed by atoms with Gasteiger partial charge in [-0.25, -0.2) is 4.98 Å². The molecule has 3 heterocycles. The third-order valence-corrected chi connectivity index (χ3v) is 4.18. The molecule has 0 aliphatic carbocycles. The number of nitrogens with zero attached hydrogens (tertiary/aromatic N) is 4. The zero-order valence-corrected chi connectivity index (χ0v) is 15.6. The summed E-state index contributed by atoms with van der Waals surface area (Å²) in [6.07, 6.45) is 0. The zero-order chi connectivity index (χ0) is 19.1. The van der Waals surface area contributed by atoms with Crippen LogP contribution in [-0.2, 0) is 11.8 Å². The lowest BCUT2D eigenvalue weighted by Crippen LogP contribution is -2.41. The van der Waals surface area contributed by atoms with Crippen molar-refractivity contribution < 1.29 is 14.3 Å². The smallest absolute Gasteiger partial charge is 0.271 e. The molecule has 1 aliphatic heterocycles. The number of aryl methyl sites for hydroxylation is 1. The van der Waals surface area contributed by atoms with Crippen LogP contribution in [0.3, 0.4) is 0 Å². The summed E-state index contributed by atoms with van der Waals surface area (Å²) in [6, 6.07) is 7.06. The molecule has 0 spiro atoms. The normalized spacial score (nSPS) is 14.3. The largest absolute Gasteiger partial charge is 0.481 e. The number of rotatable bonds is 5. The van der Waals surface area contributed by atoms with E-state index in [4.69, 9.17) is 9.47 Å². The number of carbonyl (C=O) groups is 1. The van der Waals surface area contributed by atoms with Gasteiger partial charge in [0.2, 0.25) is 5.88 Å². The predicted molar refractivity (Wildman–Crippen MR) is 99.6 cm³/mol. The van der Waals surface area contributed by atoms with E-state index in [1.54, 1.807) is 37.0 Å². The quantitative estimate of drug-likeness (QED) is 0.763. The molecule has 1 amide bonds. The summed E-state index contributed by atoms with van der Waals surface area (Å²) >= 11 is 0. The molecule has 0 atom stereocenters. The van der Waals surface area contributed by atoms with Crippen molar-refractivity contribution in [3.8, 4) is 17.7 Å². The molecule has 2 aromatic heterocycles. The number of nitrogens with one attached hydrogen (secondary N) is 1. The van der Waals surface area contributed by atoms with Crippen LogP contribution in [0.15, 0.2) is 24.3 Å². The Balaban J connectivity index is 1.58. The summed E-state index contributed by atoms with van der Waals surface area (Å²) < 4.78 is 12.0. The van der Waals surface area contributed by atoms with Gasteiger partial charge in [-0.3, -0.25) is 14.4 Å². The Labute approximate surface area is 158 Å². The molecule has 0 saturated carbocycles. The molecule has 1 fully saturated rings. The van der Waals surface area contributed by atoms with Gasteiger partial charge < -0.3 is 14.8 Å². The van der Waals surface area contributed by atoms with Gasteiger partial charge in [0.05, 0.1) is 20.3 Å². The second kappa shape index (κ2) is 9.16. The second-order valence-electron chi connectivity index (χ2n) is 6.06. The van der Waals surface area contributed by atoms with Crippen molar-refractivity contribution in [2.24, 2.45) is 7.05 Å². The average Bonchev–Trinajstić information content (AvgIpc) is 3.08. The number of aromatic nitrogens is 3. The SMILES string of the molecule is COc1cccc(C#Cc2cc(C(=O)NCCN3CCOCC3)nn2C)n1. The second-order valence-corrected chi connectivity index (χ2v) is 6.06. The van der Waals surface area contributed by atoms with Gasteiger partial charge in [0.25, 0.3) is 5.91 Å². The van der Waals surface area contributed by atoms with Crippen LogP contribution in [0.5, 0.6) is 5.88 Å². The Morgan fingerprint density at radius 1 is 1.33 bits per heavy atom. The number of hydrogen-bond donors (Lipinski definition) is 1. The fourth-order valence-electron chi connectivity index (χ4n) is 2.66. The Morgan fingerprint density at radius 2 is 2.15 bits per heavy atom.